The molecule has 0 saturated heterocycles. The van der Waals surface area contributed by atoms with Gasteiger partial charge in [0.05, 0.1) is 11.2 Å². The second kappa shape index (κ2) is 4.25. The van der Waals surface area contributed by atoms with Crippen molar-refractivity contribution in [3.05, 3.63) is 29.3 Å². The van der Waals surface area contributed by atoms with E-state index in [4.69, 9.17) is 15.2 Å². The molecule has 1 aromatic rings. The normalized spacial score (nSPS) is 11.3. The molecule has 0 atom stereocenters. The summed E-state index contributed by atoms with van der Waals surface area (Å²) in [7, 11) is -1.82. The molecule has 0 aliphatic rings. The monoisotopic (exact) mass is 224 g/mol. The summed E-state index contributed by atoms with van der Waals surface area (Å²) in [6.45, 7) is 2.96. The summed E-state index contributed by atoms with van der Waals surface area (Å²) in [5, 5.41) is 36.8. The minimum Gasteiger partial charge on any atom is -0.478 e. The highest BCUT2D eigenvalue weighted by Crippen LogP contribution is 2.18. The van der Waals surface area contributed by atoms with Crippen molar-refractivity contribution >= 4 is 18.6 Å². The van der Waals surface area contributed by atoms with Gasteiger partial charge in [-0.1, -0.05) is 6.07 Å². The fourth-order valence-electron chi connectivity index (χ4n) is 1.47. The lowest BCUT2D eigenvalue weighted by molar-refractivity contribution is 0.0693. The fourth-order valence-corrected chi connectivity index (χ4v) is 1.47. The maximum absolute atomic E-state index is 10.7. The lowest BCUT2D eigenvalue weighted by atomic mass is 9.72. The summed E-state index contributed by atoms with van der Waals surface area (Å²) in [6, 6.07) is 3.82. The van der Waals surface area contributed by atoms with Gasteiger partial charge in [0, 0.05) is 0 Å². The molecule has 0 fully saturated rings. The number of carboxylic acids is 1. The summed E-state index contributed by atoms with van der Waals surface area (Å²) >= 11 is 0. The molecule has 0 amide bonds. The van der Waals surface area contributed by atoms with Gasteiger partial charge in [-0.3, -0.25) is 0 Å². The van der Waals surface area contributed by atoms with Crippen LogP contribution in [0.5, 0.6) is 0 Å². The SMILES string of the molecule is CC(C)(O)c1ccc(C(=O)O)cc1B(O)O. The van der Waals surface area contributed by atoms with Crippen LogP contribution in [0.2, 0.25) is 0 Å². The Morgan fingerprint density at radius 3 is 2.25 bits per heavy atom. The van der Waals surface area contributed by atoms with E-state index in [1.165, 1.54) is 26.0 Å². The minimum atomic E-state index is -1.82. The molecule has 6 heteroatoms. The van der Waals surface area contributed by atoms with Crippen LogP contribution in [0.25, 0.3) is 0 Å². The number of benzene rings is 1. The molecule has 0 aromatic heterocycles. The standard InChI is InChI=1S/C10H13BO5/c1-10(2,14)7-4-3-6(9(12)13)5-8(7)11(15)16/h3-5,14-16H,1-2H3,(H,12,13). The van der Waals surface area contributed by atoms with Gasteiger partial charge >= 0.3 is 13.1 Å². The minimum absolute atomic E-state index is 0.00704. The molecule has 86 valence electrons. The second-order valence-electron chi connectivity index (χ2n) is 4.04. The summed E-state index contributed by atoms with van der Waals surface area (Å²) in [4.78, 5) is 10.7. The molecular weight excluding hydrogens is 211 g/mol. The molecule has 4 N–H and O–H groups in total. The molecule has 5 nitrogen and oxygen atoms in total. The first-order valence-electron chi connectivity index (χ1n) is 4.69. The van der Waals surface area contributed by atoms with Gasteiger partial charge < -0.3 is 20.3 Å². The van der Waals surface area contributed by atoms with Crippen LogP contribution >= 0.6 is 0 Å². The van der Waals surface area contributed by atoms with Crippen LogP contribution in [0.15, 0.2) is 18.2 Å². The van der Waals surface area contributed by atoms with E-state index in [9.17, 15) is 9.90 Å². The smallest absolute Gasteiger partial charge is 0.478 e. The Morgan fingerprint density at radius 2 is 1.88 bits per heavy atom. The van der Waals surface area contributed by atoms with E-state index in [0.29, 0.717) is 0 Å². The van der Waals surface area contributed by atoms with Gasteiger partial charge in [0.1, 0.15) is 0 Å². The molecule has 1 rings (SSSR count). The molecule has 0 heterocycles. The van der Waals surface area contributed by atoms with Crippen LogP contribution in [-0.4, -0.2) is 33.3 Å². The quantitative estimate of drug-likeness (QED) is 0.508. The number of carboxylic acid groups (broad SMARTS) is 1. The predicted molar refractivity (Wildman–Crippen MR) is 58.5 cm³/mol. The zero-order valence-electron chi connectivity index (χ0n) is 9.01. The maximum Gasteiger partial charge on any atom is 0.488 e. The Kier molecular flexibility index (Phi) is 3.37. The zero-order valence-corrected chi connectivity index (χ0v) is 9.01. The highest BCUT2D eigenvalue weighted by molar-refractivity contribution is 6.59. The van der Waals surface area contributed by atoms with Crippen LogP contribution in [-0.2, 0) is 5.60 Å². The van der Waals surface area contributed by atoms with Crippen molar-refractivity contribution in [2.75, 3.05) is 0 Å². The van der Waals surface area contributed by atoms with Crippen molar-refractivity contribution in [2.45, 2.75) is 19.4 Å². The highest BCUT2D eigenvalue weighted by atomic mass is 16.4. The lowest BCUT2D eigenvalue weighted by Gasteiger charge is -2.21. The molecule has 16 heavy (non-hydrogen) atoms. The molecule has 0 saturated carbocycles. The molecule has 0 aliphatic carbocycles. The Morgan fingerprint density at radius 1 is 1.31 bits per heavy atom. The molecule has 1 aromatic carbocycles. The van der Waals surface area contributed by atoms with Gasteiger partial charge in [-0.25, -0.2) is 4.79 Å². The van der Waals surface area contributed by atoms with E-state index < -0.39 is 18.7 Å². The van der Waals surface area contributed by atoms with Crippen LogP contribution < -0.4 is 5.46 Å². The Bertz CT molecular complexity index is 408. The van der Waals surface area contributed by atoms with E-state index in [1.54, 1.807) is 0 Å². The highest BCUT2D eigenvalue weighted by Gasteiger charge is 2.26. The second-order valence-corrected chi connectivity index (χ2v) is 4.04. The number of hydrogen-bond acceptors (Lipinski definition) is 4. The zero-order chi connectivity index (χ0) is 12.5. The molecule has 0 unspecified atom stereocenters. The van der Waals surface area contributed by atoms with Crippen LogP contribution in [0.4, 0.5) is 0 Å². The number of carbonyl (C=O) groups is 1. The molecule has 0 aliphatic heterocycles. The maximum atomic E-state index is 10.7. The van der Waals surface area contributed by atoms with Crippen molar-refractivity contribution in [1.29, 1.82) is 0 Å². The van der Waals surface area contributed by atoms with E-state index in [1.807, 2.05) is 0 Å². The molecular formula is C10H13BO5. The summed E-state index contributed by atoms with van der Waals surface area (Å²) in [5.74, 6) is -1.16. The Balaban J connectivity index is 3.37. The van der Waals surface area contributed by atoms with Crippen molar-refractivity contribution in [3.8, 4) is 0 Å². The number of aliphatic hydroxyl groups is 1. The predicted octanol–water partition coefficient (Wildman–Crippen LogP) is -0.708. The van der Waals surface area contributed by atoms with Gasteiger partial charge in [0.25, 0.3) is 0 Å². The van der Waals surface area contributed by atoms with Crippen LogP contribution in [0, 0.1) is 0 Å². The van der Waals surface area contributed by atoms with Crippen molar-refractivity contribution in [2.24, 2.45) is 0 Å². The largest absolute Gasteiger partial charge is 0.488 e. The number of hydrogen-bond donors (Lipinski definition) is 4. The third kappa shape index (κ3) is 2.60. The van der Waals surface area contributed by atoms with Crippen LogP contribution in [0.1, 0.15) is 29.8 Å². The van der Waals surface area contributed by atoms with Crippen molar-refractivity contribution in [1.82, 2.24) is 0 Å². The van der Waals surface area contributed by atoms with Crippen molar-refractivity contribution in [3.63, 3.8) is 0 Å². The Hall–Kier alpha value is -1.37. The summed E-state index contributed by atoms with van der Waals surface area (Å²) < 4.78 is 0. The average molecular weight is 224 g/mol. The van der Waals surface area contributed by atoms with Crippen LogP contribution in [0.3, 0.4) is 0 Å². The first kappa shape index (κ1) is 12.7. The first-order chi connectivity index (χ1) is 7.23. The topological polar surface area (TPSA) is 98.0 Å². The van der Waals surface area contributed by atoms with Gasteiger partial charge in [-0.2, -0.15) is 0 Å². The van der Waals surface area contributed by atoms with Crippen molar-refractivity contribution < 1.29 is 25.1 Å². The van der Waals surface area contributed by atoms with E-state index in [2.05, 4.69) is 0 Å². The molecule has 0 spiro atoms. The third-order valence-electron chi connectivity index (χ3n) is 2.24. The Labute approximate surface area is 93.1 Å². The van der Waals surface area contributed by atoms with Gasteiger partial charge in [0.2, 0.25) is 0 Å². The van der Waals surface area contributed by atoms with E-state index in [0.717, 1.165) is 6.07 Å². The summed E-state index contributed by atoms with van der Waals surface area (Å²) in [5.41, 5.74) is -1.05. The van der Waals surface area contributed by atoms with Gasteiger partial charge in [0.15, 0.2) is 0 Å². The first-order valence-corrected chi connectivity index (χ1v) is 4.69. The van der Waals surface area contributed by atoms with E-state index >= 15 is 0 Å². The third-order valence-corrected chi connectivity index (χ3v) is 2.24. The number of rotatable bonds is 3. The van der Waals surface area contributed by atoms with Gasteiger partial charge in [-0.15, -0.1) is 0 Å². The lowest BCUT2D eigenvalue weighted by Crippen LogP contribution is -2.38. The summed E-state index contributed by atoms with van der Waals surface area (Å²) in [6.07, 6.45) is 0. The fraction of sp³-hybridized carbons (Fsp3) is 0.300. The molecule has 0 bridgehead atoms. The van der Waals surface area contributed by atoms with E-state index in [-0.39, 0.29) is 16.6 Å². The molecule has 0 radical (unpaired) electrons. The van der Waals surface area contributed by atoms with Gasteiger partial charge in [-0.05, 0) is 37.0 Å². The average Bonchev–Trinajstić information content (AvgIpc) is 2.15. The number of aromatic carboxylic acids is 1.